The predicted octanol–water partition coefficient (Wildman–Crippen LogP) is 3.72. The van der Waals surface area contributed by atoms with Crippen molar-refractivity contribution in [2.45, 2.75) is 26.1 Å². The number of carbonyl (C=O) groups is 1. The molecule has 1 unspecified atom stereocenters. The number of methoxy groups -OCH3 is 2. The van der Waals surface area contributed by atoms with Crippen molar-refractivity contribution in [1.82, 2.24) is 14.8 Å². The number of nitrogens with zero attached hydrogens (tertiary/aromatic N) is 3. The number of aromatic nitrogens is 3. The molecule has 1 N–H and O–H groups in total. The van der Waals surface area contributed by atoms with Crippen molar-refractivity contribution in [3.8, 4) is 17.4 Å². The van der Waals surface area contributed by atoms with Gasteiger partial charge >= 0.3 is 6.18 Å². The van der Waals surface area contributed by atoms with Crippen molar-refractivity contribution < 1.29 is 32.2 Å². The number of anilines is 1. The lowest BCUT2D eigenvalue weighted by Gasteiger charge is -2.17. The van der Waals surface area contributed by atoms with Crippen molar-refractivity contribution in [2.75, 3.05) is 19.5 Å². The average molecular weight is 438 g/mol. The lowest BCUT2D eigenvalue weighted by atomic mass is 10.1. The Labute approximate surface area is 175 Å². The largest absolute Gasteiger partial charge is 0.493 e. The third kappa shape index (κ3) is 4.49. The average Bonchev–Trinajstić information content (AvgIpc) is 3.00. The monoisotopic (exact) mass is 438 g/mol. The summed E-state index contributed by atoms with van der Waals surface area (Å²) >= 11 is 0. The molecule has 0 radical (unpaired) electrons. The van der Waals surface area contributed by atoms with E-state index in [9.17, 15) is 18.0 Å². The van der Waals surface area contributed by atoms with E-state index in [1.54, 1.807) is 18.2 Å². The highest BCUT2D eigenvalue weighted by Gasteiger charge is 2.36. The first-order chi connectivity index (χ1) is 14.5. The van der Waals surface area contributed by atoms with Gasteiger partial charge in [-0.15, -0.1) is 0 Å². The zero-order valence-electron chi connectivity index (χ0n) is 17.5. The molecule has 0 aliphatic rings. The fourth-order valence-corrected chi connectivity index (χ4v) is 3.10. The number of hydrogen-bond acceptors (Lipinski definition) is 6. The molecule has 0 spiro atoms. The summed E-state index contributed by atoms with van der Waals surface area (Å²) in [6.45, 7) is 2.88. The number of rotatable bonds is 6. The summed E-state index contributed by atoms with van der Waals surface area (Å²) in [5, 5.41) is 6.51. The van der Waals surface area contributed by atoms with E-state index in [2.05, 4.69) is 15.4 Å². The Kier molecular flexibility index (Phi) is 5.96. The van der Waals surface area contributed by atoms with Crippen LogP contribution in [0.25, 0.3) is 11.0 Å². The molecule has 1 aromatic carbocycles. The second kappa shape index (κ2) is 8.32. The van der Waals surface area contributed by atoms with Gasteiger partial charge in [-0.25, -0.2) is 0 Å². The lowest BCUT2D eigenvalue weighted by molar-refractivity contribution is -0.136. The number of alkyl halides is 3. The summed E-state index contributed by atoms with van der Waals surface area (Å²) < 4.78 is 57.7. The van der Waals surface area contributed by atoms with Crippen LogP contribution in [0.2, 0.25) is 0 Å². The van der Waals surface area contributed by atoms with Crippen LogP contribution in [0, 0.1) is 6.92 Å². The number of amides is 1. The Morgan fingerprint density at radius 2 is 1.84 bits per heavy atom. The van der Waals surface area contributed by atoms with Gasteiger partial charge in [0.15, 0.2) is 23.3 Å². The van der Waals surface area contributed by atoms with Gasteiger partial charge in [0, 0.05) is 24.9 Å². The van der Waals surface area contributed by atoms with Crippen molar-refractivity contribution in [1.29, 1.82) is 0 Å². The highest BCUT2D eigenvalue weighted by atomic mass is 19.4. The lowest BCUT2D eigenvalue weighted by Crippen LogP contribution is -2.30. The fraction of sp³-hybridized carbons (Fsp3) is 0.350. The molecule has 1 atom stereocenters. The van der Waals surface area contributed by atoms with Crippen LogP contribution in [0.1, 0.15) is 18.2 Å². The van der Waals surface area contributed by atoms with E-state index in [4.69, 9.17) is 14.2 Å². The number of nitrogens with one attached hydrogen (secondary N) is 1. The van der Waals surface area contributed by atoms with Gasteiger partial charge in [-0.1, -0.05) is 0 Å². The van der Waals surface area contributed by atoms with Gasteiger partial charge in [-0.2, -0.15) is 23.3 Å². The van der Waals surface area contributed by atoms with Gasteiger partial charge in [-0.05, 0) is 26.0 Å². The summed E-state index contributed by atoms with van der Waals surface area (Å²) in [5.74, 6) is -0.0301. The van der Waals surface area contributed by atoms with E-state index in [1.807, 2.05) is 0 Å². The zero-order chi connectivity index (χ0) is 22.9. The van der Waals surface area contributed by atoms with Crippen molar-refractivity contribution in [2.24, 2.45) is 7.05 Å². The van der Waals surface area contributed by atoms with Crippen molar-refractivity contribution in [3.05, 3.63) is 35.5 Å². The number of aryl methyl sites for hydroxylation is 2. The summed E-state index contributed by atoms with van der Waals surface area (Å²) in [4.78, 5) is 16.6. The molecule has 8 nitrogen and oxygen atoms in total. The highest BCUT2D eigenvalue weighted by Crippen LogP contribution is 2.37. The van der Waals surface area contributed by atoms with Crippen LogP contribution in [-0.4, -0.2) is 41.0 Å². The highest BCUT2D eigenvalue weighted by molar-refractivity contribution is 5.94. The normalized spacial score (nSPS) is 12.5. The number of ether oxygens (including phenoxy) is 3. The number of hydrogen-bond donors (Lipinski definition) is 1. The number of pyridine rings is 1. The molecule has 0 bridgehead atoms. The Morgan fingerprint density at radius 1 is 1.16 bits per heavy atom. The molecule has 0 saturated heterocycles. The van der Waals surface area contributed by atoms with E-state index < -0.39 is 23.8 Å². The van der Waals surface area contributed by atoms with Crippen LogP contribution in [0.15, 0.2) is 24.3 Å². The number of carbonyl (C=O) groups excluding carboxylic acids is 1. The maximum absolute atomic E-state index is 13.6. The van der Waals surface area contributed by atoms with E-state index in [1.165, 1.54) is 39.8 Å². The van der Waals surface area contributed by atoms with Crippen LogP contribution >= 0.6 is 0 Å². The molecule has 2 heterocycles. The predicted molar refractivity (Wildman–Crippen MR) is 107 cm³/mol. The molecule has 3 aromatic rings. The number of fused-ring (bicyclic) bond motifs is 1. The summed E-state index contributed by atoms with van der Waals surface area (Å²) in [7, 11) is 4.42. The van der Waals surface area contributed by atoms with Gasteiger partial charge in [0.05, 0.1) is 30.9 Å². The second-order valence-electron chi connectivity index (χ2n) is 6.73. The summed E-state index contributed by atoms with van der Waals surface area (Å²) in [6, 6.07) is 5.53. The smallest absolute Gasteiger partial charge is 0.417 e. The van der Waals surface area contributed by atoms with Crippen molar-refractivity contribution >= 4 is 22.6 Å². The first-order valence-electron chi connectivity index (χ1n) is 9.16. The van der Waals surface area contributed by atoms with Gasteiger partial charge in [0.25, 0.3) is 5.91 Å². The summed E-state index contributed by atoms with van der Waals surface area (Å²) in [6.07, 6.45) is -5.77. The molecule has 0 aliphatic heterocycles. The first kappa shape index (κ1) is 22.2. The minimum Gasteiger partial charge on any atom is -0.493 e. The quantitative estimate of drug-likeness (QED) is 0.631. The molecule has 31 heavy (non-hydrogen) atoms. The number of benzene rings is 1. The minimum atomic E-state index is -4.64. The molecule has 1 amide bonds. The Morgan fingerprint density at radius 3 is 2.45 bits per heavy atom. The van der Waals surface area contributed by atoms with Gasteiger partial charge in [0.1, 0.15) is 0 Å². The van der Waals surface area contributed by atoms with E-state index in [-0.39, 0.29) is 22.6 Å². The van der Waals surface area contributed by atoms with E-state index >= 15 is 0 Å². The van der Waals surface area contributed by atoms with E-state index in [0.29, 0.717) is 17.2 Å². The molecule has 0 saturated carbocycles. The standard InChI is InChI=1S/C20H21F3N4O4/c1-10-17-13(20(21,22)23)9-16(25-18(17)27(3)26-10)31-11(2)19(28)24-12-6-7-14(29-4)15(8-12)30-5/h6-9,11H,1-5H3,(H,24,28). The molecule has 11 heteroatoms. The van der Waals surface area contributed by atoms with Crippen LogP contribution in [0.3, 0.4) is 0 Å². The maximum atomic E-state index is 13.6. The Balaban J connectivity index is 1.85. The van der Waals surface area contributed by atoms with Gasteiger partial charge in [0.2, 0.25) is 5.88 Å². The molecule has 166 valence electrons. The topological polar surface area (TPSA) is 87.5 Å². The molecule has 3 rings (SSSR count). The molecular formula is C20H21F3N4O4. The van der Waals surface area contributed by atoms with Crippen LogP contribution in [0.5, 0.6) is 17.4 Å². The minimum absolute atomic E-state index is 0.00910. The van der Waals surface area contributed by atoms with Crippen LogP contribution in [-0.2, 0) is 18.0 Å². The zero-order valence-corrected chi connectivity index (χ0v) is 17.5. The molecule has 0 aliphatic carbocycles. The Hall–Kier alpha value is -3.50. The first-order valence-corrected chi connectivity index (χ1v) is 9.16. The number of halogens is 3. The van der Waals surface area contributed by atoms with E-state index in [0.717, 1.165) is 6.07 Å². The molecule has 0 fully saturated rings. The maximum Gasteiger partial charge on any atom is 0.417 e. The summed E-state index contributed by atoms with van der Waals surface area (Å²) in [5.41, 5.74) is -0.316. The van der Waals surface area contributed by atoms with Crippen LogP contribution in [0.4, 0.5) is 18.9 Å². The Bertz CT molecular complexity index is 1130. The molecular weight excluding hydrogens is 417 g/mol. The van der Waals surface area contributed by atoms with Crippen LogP contribution < -0.4 is 19.5 Å². The molecule has 2 aromatic heterocycles. The third-order valence-corrected chi connectivity index (χ3v) is 4.57. The SMILES string of the molecule is COc1ccc(NC(=O)C(C)Oc2cc(C(F)(F)F)c3c(C)nn(C)c3n2)cc1OC. The van der Waals surface area contributed by atoms with Crippen molar-refractivity contribution in [3.63, 3.8) is 0 Å². The second-order valence-corrected chi connectivity index (χ2v) is 6.73. The van der Waals surface area contributed by atoms with Gasteiger partial charge in [-0.3, -0.25) is 9.48 Å². The third-order valence-electron chi connectivity index (χ3n) is 4.57. The fourth-order valence-electron chi connectivity index (χ4n) is 3.10. The van der Waals surface area contributed by atoms with Gasteiger partial charge < -0.3 is 19.5 Å².